The lowest BCUT2D eigenvalue weighted by atomic mass is 9.76. The molecule has 0 spiro atoms. The van der Waals surface area contributed by atoms with E-state index in [0.29, 0.717) is 16.7 Å². The summed E-state index contributed by atoms with van der Waals surface area (Å²) in [4.78, 5) is 33.4. The molecule has 1 N–H and O–H groups in total. The lowest BCUT2D eigenvalue weighted by molar-refractivity contribution is -0.183. The molecule has 2 aliphatic heterocycles. The number of Topliss-reactive ketones (excluding diaryl/α,β-unsaturated/α-hetero) is 1. The standard InChI is InChI=1S/C23H19Cl2F3N2O3/c1-12-4-13(2-3-18(12)20(31)5-14-10-33-30-21(14)32)19-9-22(11-29-19,23(26,27)28)15-6-16(24)8-17(25)7-15/h2-4,6-8,14H,5,9-11H2,1H3,(H,30,32)/t14-,22?/m1/s1. The third-order valence-corrected chi connectivity index (χ3v) is 6.52. The van der Waals surface area contributed by atoms with Crippen molar-refractivity contribution < 1.29 is 27.6 Å². The highest BCUT2D eigenvalue weighted by Crippen LogP contribution is 2.48. The van der Waals surface area contributed by atoms with Gasteiger partial charge in [-0.2, -0.15) is 13.2 Å². The molecule has 4 rings (SSSR count). The van der Waals surface area contributed by atoms with Gasteiger partial charge in [0.1, 0.15) is 5.41 Å². The highest BCUT2D eigenvalue weighted by atomic mass is 35.5. The van der Waals surface area contributed by atoms with Crippen LogP contribution in [0.15, 0.2) is 41.4 Å². The average Bonchev–Trinajstić information content (AvgIpc) is 3.34. The van der Waals surface area contributed by atoms with Crippen LogP contribution in [0.2, 0.25) is 10.0 Å². The number of alkyl halides is 3. The predicted molar refractivity (Wildman–Crippen MR) is 118 cm³/mol. The number of ketones is 1. The van der Waals surface area contributed by atoms with Gasteiger partial charge in [-0.25, -0.2) is 5.48 Å². The third-order valence-electron chi connectivity index (χ3n) is 6.09. The molecule has 1 fully saturated rings. The Morgan fingerprint density at radius 3 is 2.48 bits per heavy atom. The minimum absolute atomic E-state index is 0.0142. The van der Waals surface area contributed by atoms with E-state index in [4.69, 9.17) is 28.0 Å². The van der Waals surface area contributed by atoms with Crippen molar-refractivity contribution in [1.29, 1.82) is 0 Å². The Bertz CT molecular complexity index is 1150. The van der Waals surface area contributed by atoms with Crippen LogP contribution < -0.4 is 5.48 Å². The minimum Gasteiger partial charge on any atom is -0.294 e. The first-order chi connectivity index (χ1) is 15.5. The van der Waals surface area contributed by atoms with Crippen LogP contribution >= 0.6 is 23.2 Å². The molecular formula is C23H19Cl2F3N2O3. The maximum absolute atomic E-state index is 14.3. The number of carbonyl (C=O) groups is 2. The molecule has 2 heterocycles. The number of rotatable bonds is 5. The van der Waals surface area contributed by atoms with E-state index in [0.717, 1.165) is 0 Å². The Hall–Kier alpha value is -2.42. The van der Waals surface area contributed by atoms with Gasteiger partial charge in [0.15, 0.2) is 5.78 Å². The summed E-state index contributed by atoms with van der Waals surface area (Å²) in [7, 11) is 0. The van der Waals surface area contributed by atoms with Gasteiger partial charge in [-0.15, -0.1) is 0 Å². The summed E-state index contributed by atoms with van der Waals surface area (Å²) < 4.78 is 42.8. The van der Waals surface area contributed by atoms with Crippen molar-refractivity contribution in [3.8, 4) is 0 Å². The van der Waals surface area contributed by atoms with Crippen LogP contribution in [0.1, 0.15) is 39.9 Å². The number of hydrogen-bond donors (Lipinski definition) is 1. The number of benzene rings is 2. The SMILES string of the molecule is Cc1cc(C2=NCC(c3cc(Cl)cc(Cl)c3)(C(F)(F)F)C2)ccc1C(=O)C[C@@H]1CONC1=O. The summed E-state index contributed by atoms with van der Waals surface area (Å²) >= 11 is 12.0. The molecule has 2 aromatic rings. The van der Waals surface area contributed by atoms with Crippen LogP contribution in [0.3, 0.4) is 0 Å². The van der Waals surface area contributed by atoms with E-state index in [1.54, 1.807) is 25.1 Å². The summed E-state index contributed by atoms with van der Waals surface area (Å²) in [6, 6.07) is 8.72. The van der Waals surface area contributed by atoms with E-state index in [2.05, 4.69) is 10.5 Å². The van der Waals surface area contributed by atoms with Gasteiger partial charge >= 0.3 is 6.18 Å². The number of hydroxylamine groups is 1. The van der Waals surface area contributed by atoms with E-state index in [1.165, 1.54) is 18.2 Å². The number of nitrogens with zero attached hydrogens (tertiary/aromatic N) is 1. The summed E-state index contributed by atoms with van der Waals surface area (Å²) in [5.41, 5.74) is 1.72. The monoisotopic (exact) mass is 498 g/mol. The van der Waals surface area contributed by atoms with Crippen LogP contribution in [0.25, 0.3) is 0 Å². The Kier molecular flexibility index (Phi) is 6.28. The maximum atomic E-state index is 14.3. The second-order valence-corrected chi connectivity index (χ2v) is 9.18. The number of hydrogen-bond acceptors (Lipinski definition) is 4. The summed E-state index contributed by atoms with van der Waals surface area (Å²) in [5.74, 6) is -1.15. The second-order valence-electron chi connectivity index (χ2n) is 8.31. The largest absolute Gasteiger partial charge is 0.400 e. The molecule has 2 aromatic carbocycles. The smallest absolute Gasteiger partial charge is 0.294 e. The summed E-state index contributed by atoms with van der Waals surface area (Å²) in [6.07, 6.45) is -4.97. The Labute approximate surface area is 197 Å². The fraction of sp³-hybridized carbons (Fsp3) is 0.348. The Morgan fingerprint density at radius 2 is 1.91 bits per heavy atom. The van der Waals surface area contributed by atoms with Crippen molar-refractivity contribution in [1.82, 2.24) is 5.48 Å². The molecule has 5 nitrogen and oxygen atoms in total. The number of carbonyl (C=O) groups excluding carboxylic acids is 2. The van der Waals surface area contributed by atoms with Crippen LogP contribution in [0, 0.1) is 12.8 Å². The Balaban J connectivity index is 1.59. The molecule has 2 atom stereocenters. The van der Waals surface area contributed by atoms with E-state index >= 15 is 0 Å². The van der Waals surface area contributed by atoms with E-state index in [1.807, 2.05) is 0 Å². The first-order valence-corrected chi connectivity index (χ1v) is 10.9. The molecule has 2 aliphatic rings. The number of aliphatic imine (C=N–C) groups is 1. The normalized spacial score (nSPS) is 22.9. The Morgan fingerprint density at radius 1 is 1.21 bits per heavy atom. The molecule has 0 aromatic heterocycles. The van der Waals surface area contributed by atoms with Gasteiger partial charge in [0.2, 0.25) is 5.91 Å². The van der Waals surface area contributed by atoms with Gasteiger partial charge in [-0.1, -0.05) is 35.3 Å². The predicted octanol–water partition coefficient (Wildman–Crippen LogP) is 5.25. The quantitative estimate of drug-likeness (QED) is 0.572. The highest BCUT2D eigenvalue weighted by Gasteiger charge is 2.58. The van der Waals surface area contributed by atoms with Crippen molar-refractivity contribution >= 4 is 40.6 Å². The van der Waals surface area contributed by atoms with E-state index in [-0.39, 0.29) is 52.5 Å². The number of amides is 1. The molecule has 10 heteroatoms. The first-order valence-electron chi connectivity index (χ1n) is 10.1. The van der Waals surface area contributed by atoms with Gasteiger partial charge in [-0.3, -0.25) is 19.4 Å². The fourth-order valence-corrected chi connectivity index (χ4v) is 4.74. The van der Waals surface area contributed by atoms with Crippen molar-refractivity contribution in [2.45, 2.75) is 31.4 Å². The molecule has 1 amide bonds. The van der Waals surface area contributed by atoms with Crippen molar-refractivity contribution in [2.75, 3.05) is 13.2 Å². The zero-order chi connectivity index (χ0) is 24.0. The minimum atomic E-state index is -4.58. The third kappa shape index (κ3) is 4.52. The molecule has 1 unspecified atom stereocenters. The molecular weight excluding hydrogens is 480 g/mol. The summed E-state index contributed by atoms with van der Waals surface area (Å²) in [6.45, 7) is 1.33. The van der Waals surface area contributed by atoms with Crippen LogP contribution in [-0.4, -0.2) is 36.7 Å². The van der Waals surface area contributed by atoms with E-state index < -0.39 is 24.1 Å². The summed E-state index contributed by atoms with van der Waals surface area (Å²) in [5, 5.41) is 0.240. The van der Waals surface area contributed by atoms with Crippen molar-refractivity contribution in [3.05, 3.63) is 68.7 Å². The van der Waals surface area contributed by atoms with E-state index in [9.17, 15) is 22.8 Å². The molecule has 0 saturated carbocycles. The molecule has 0 aliphatic carbocycles. The zero-order valence-electron chi connectivity index (χ0n) is 17.4. The average molecular weight is 499 g/mol. The number of halogens is 5. The van der Waals surface area contributed by atoms with Gasteiger partial charge in [0, 0.05) is 34.2 Å². The van der Waals surface area contributed by atoms with Gasteiger partial charge in [0.25, 0.3) is 0 Å². The zero-order valence-corrected chi connectivity index (χ0v) is 18.9. The lowest BCUT2D eigenvalue weighted by Gasteiger charge is -2.31. The first kappa shape index (κ1) is 23.7. The van der Waals surface area contributed by atoms with Crippen LogP contribution in [0.4, 0.5) is 13.2 Å². The fourth-order valence-electron chi connectivity index (χ4n) is 4.21. The molecule has 174 valence electrons. The molecule has 0 bridgehead atoms. The maximum Gasteiger partial charge on any atom is 0.400 e. The lowest BCUT2D eigenvalue weighted by Crippen LogP contribution is -2.43. The van der Waals surface area contributed by atoms with Crippen LogP contribution in [-0.2, 0) is 15.0 Å². The van der Waals surface area contributed by atoms with Gasteiger partial charge < -0.3 is 0 Å². The van der Waals surface area contributed by atoms with Crippen molar-refractivity contribution in [2.24, 2.45) is 10.9 Å². The number of nitrogens with one attached hydrogen (secondary N) is 1. The van der Waals surface area contributed by atoms with Crippen LogP contribution in [0.5, 0.6) is 0 Å². The molecule has 33 heavy (non-hydrogen) atoms. The topological polar surface area (TPSA) is 67.8 Å². The van der Waals surface area contributed by atoms with Crippen molar-refractivity contribution in [3.63, 3.8) is 0 Å². The van der Waals surface area contributed by atoms with Gasteiger partial charge in [0.05, 0.1) is 19.1 Å². The highest BCUT2D eigenvalue weighted by molar-refractivity contribution is 6.34. The molecule has 0 radical (unpaired) electrons. The second kappa shape index (κ2) is 8.74. The number of aryl methyl sites for hydroxylation is 1. The molecule has 1 saturated heterocycles. The van der Waals surface area contributed by atoms with Gasteiger partial charge in [-0.05, 0) is 47.9 Å².